The van der Waals surface area contributed by atoms with Gasteiger partial charge in [-0.3, -0.25) is 14.3 Å². The Morgan fingerprint density at radius 2 is 2.29 bits per heavy atom. The third-order valence-corrected chi connectivity index (χ3v) is 4.39. The molecule has 5 atom stereocenters. The molecule has 3 heterocycles. The van der Waals surface area contributed by atoms with E-state index >= 15 is 0 Å². The zero-order chi connectivity index (χ0) is 17.6. The third kappa shape index (κ3) is 2.13. The number of fused-ring (bicyclic) bond motifs is 1. The molecule has 132 valence electrons. The summed E-state index contributed by atoms with van der Waals surface area (Å²) in [6.07, 6.45) is -3.42. The highest BCUT2D eigenvalue weighted by Gasteiger charge is 2.59. The molecule has 2 aromatic rings. The molecule has 0 aliphatic carbocycles. The lowest BCUT2D eigenvalue weighted by atomic mass is 9.97. The van der Waals surface area contributed by atoms with Crippen LogP contribution in [0.3, 0.4) is 0 Å². The summed E-state index contributed by atoms with van der Waals surface area (Å²) >= 11 is 0. The van der Waals surface area contributed by atoms with E-state index in [2.05, 4.69) is 15.0 Å². The van der Waals surface area contributed by atoms with Gasteiger partial charge in [-0.2, -0.15) is 4.98 Å². The molecular formula is C13H19N5O6. The minimum atomic E-state index is -1.65. The van der Waals surface area contributed by atoms with Crippen molar-refractivity contribution in [3.05, 3.63) is 16.7 Å². The zero-order valence-corrected chi connectivity index (χ0v) is 13.1. The maximum atomic E-state index is 12.0. The van der Waals surface area contributed by atoms with E-state index in [4.69, 9.17) is 15.2 Å². The standard InChI is InChI=1S/C13H19N5O6/c1-5(23-2)13(9(21)8(20)6(3-19)24-13)18-4-15-7-10(18)16-12(14)17-11(7)22/h4-6,8-9,19-21H,3H2,1-2H3,(H3,14,16,17,22)/t5?,6-,8-,9-,13-/m1/s1. The predicted molar refractivity (Wildman–Crippen MR) is 81.0 cm³/mol. The number of nitrogens with two attached hydrogens (primary N) is 1. The smallest absolute Gasteiger partial charge is 0.280 e. The fourth-order valence-corrected chi connectivity index (χ4v) is 3.06. The number of imidazole rings is 1. The topological polar surface area (TPSA) is 169 Å². The van der Waals surface area contributed by atoms with Gasteiger partial charge in [0.15, 0.2) is 11.2 Å². The van der Waals surface area contributed by atoms with Crippen LogP contribution in [0.4, 0.5) is 5.95 Å². The van der Waals surface area contributed by atoms with Crippen LogP contribution < -0.4 is 11.3 Å². The molecule has 1 fully saturated rings. The van der Waals surface area contributed by atoms with Crippen LogP contribution in [-0.4, -0.2) is 73.0 Å². The van der Waals surface area contributed by atoms with Crippen LogP contribution in [-0.2, 0) is 15.2 Å². The van der Waals surface area contributed by atoms with Gasteiger partial charge in [0.2, 0.25) is 11.7 Å². The van der Waals surface area contributed by atoms with Crippen LogP contribution in [0.15, 0.2) is 11.1 Å². The number of aliphatic hydroxyl groups excluding tert-OH is 3. The predicted octanol–water partition coefficient (Wildman–Crippen LogP) is -2.50. The first-order valence-corrected chi connectivity index (χ1v) is 7.27. The molecule has 0 radical (unpaired) electrons. The Morgan fingerprint density at radius 1 is 1.58 bits per heavy atom. The van der Waals surface area contributed by atoms with Gasteiger partial charge in [-0.1, -0.05) is 0 Å². The summed E-state index contributed by atoms with van der Waals surface area (Å²) < 4.78 is 12.4. The van der Waals surface area contributed by atoms with E-state index in [1.807, 2.05) is 0 Å². The Hall–Kier alpha value is -2.05. The van der Waals surface area contributed by atoms with Gasteiger partial charge in [0.1, 0.15) is 24.4 Å². The molecule has 0 saturated carbocycles. The number of H-pyrrole nitrogens is 1. The Balaban J connectivity index is 2.27. The lowest BCUT2D eigenvalue weighted by Gasteiger charge is -2.37. The first kappa shape index (κ1) is 16.8. The Bertz CT molecular complexity index is 806. The summed E-state index contributed by atoms with van der Waals surface area (Å²) in [5.41, 5.74) is 3.44. The van der Waals surface area contributed by atoms with Crippen LogP contribution in [0.25, 0.3) is 11.2 Å². The highest BCUT2D eigenvalue weighted by molar-refractivity contribution is 5.71. The van der Waals surface area contributed by atoms with Gasteiger partial charge in [0.05, 0.1) is 12.9 Å². The number of ether oxygens (including phenoxy) is 2. The van der Waals surface area contributed by atoms with Gasteiger partial charge < -0.3 is 30.5 Å². The van der Waals surface area contributed by atoms with Crippen LogP contribution in [0, 0.1) is 0 Å². The number of methoxy groups -OCH3 is 1. The minimum Gasteiger partial charge on any atom is -0.394 e. The van der Waals surface area contributed by atoms with E-state index in [9.17, 15) is 20.1 Å². The van der Waals surface area contributed by atoms with Gasteiger partial charge >= 0.3 is 0 Å². The number of aromatic nitrogens is 4. The number of hydrogen-bond donors (Lipinski definition) is 5. The summed E-state index contributed by atoms with van der Waals surface area (Å²) in [7, 11) is 1.40. The number of nitrogens with zero attached hydrogens (tertiary/aromatic N) is 3. The summed E-state index contributed by atoms with van der Waals surface area (Å²) in [4.78, 5) is 22.3. The Morgan fingerprint density at radius 3 is 2.88 bits per heavy atom. The molecule has 0 aromatic carbocycles. The van der Waals surface area contributed by atoms with Crippen LogP contribution in [0.1, 0.15) is 6.92 Å². The molecule has 1 aliphatic rings. The minimum absolute atomic E-state index is 0.00961. The quantitative estimate of drug-likeness (QED) is 0.403. The molecule has 6 N–H and O–H groups in total. The molecule has 1 saturated heterocycles. The van der Waals surface area contributed by atoms with E-state index in [0.717, 1.165) is 0 Å². The number of hydrogen-bond acceptors (Lipinski definition) is 9. The second kappa shape index (κ2) is 5.79. The number of anilines is 1. The second-order valence-corrected chi connectivity index (χ2v) is 5.64. The molecule has 11 nitrogen and oxygen atoms in total. The molecule has 11 heteroatoms. The highest BCUT2D eigenvalue weighted by atomic mass is 16.6. The Kier molecular flexibility index (Phi) is 4.05. The summed E-state index contributed by atoms with van der Waals surface area (Å²) in [5.74, 6) is -0.138. The maximum absolute atomic E-state index is 12.0. The molecule has 3 rings (SSSR count). The lowest BCUT2D eigenvalue weighted by Crippen LogP contribution is -2.53. The molecule has 0 amide bonds. The van der Waals surface area contributed by atoms with Gasteiger partial charge in [-0.15, -0.1) is 0 Å². The number of nitrogen functional groups attached to an aromatic ring is 1. The van der Waals surface area contributed by atoms with E-state index in [0.29, 0.717) is 0 Å². The van der Waals surface area contributed by atoms with E-state index in [-0.39, 0.29) is 17.1 Å². The van der Waals surface area contributed by atoms with Crippen molar-refractivity contribution >= 4 is 17.1 Å². The average molecular weight is 341 g/mol. The van der Waals surface area contributed by atoms with E-state index in [1.165, 1.54) is 18.0 Å². The monoisotopic (exact) mass is 341 g/mol. The van der Waals surface area contributed by atoms with Gasteiger partial charge in [-0.05, 0) is 6.92 Å². The lowest BCUT2D eigenvalue weighted by molar-refractivity contribution is -0.208. The van der Waals surface area contributed by atoms with Crippen molar-refractivity contribution in [2.75, 3.05) is 19.5 Å². The van der Waals surface area contributed by atoms with Crippen molar-refractivity contribution in [2.24, 2.45) is 0 Å². The van der Waals surface area contributed by atoms with E-state index in [1.54, 1.807) is 6.92 Å². The molecule has 24 heavy (non-hydrogen) atoms. The van der Waals surface area contributed by atoms with Crippen molar-refractivity contribution in [3.63, 3.8) is 0 Å². The van der Waals surface area contributed by atoms with Crippen molar-refractivity contribution in [1.29, 1.82) is 0 Å². The zero-order valence-electron chi connectivity index (χ0n) is 13.1. The SMILES string of the molecule is COC(C)[C@@]1(n2cnc3c(=O)[nH]c(N)nc32)O[C@H](CO)[C@@H](O)[C@H]1O. The van der Waals surface area contributed by atoms with Crippen LogP contribution in [0.2, 0.25) is 0 Å². The summed E-state index contributed by atoms with van der Waals surface area (Å²) in [6.45, 7) is 1.09. The largest absolute Gasteiger partial charge is 0.394 e. The number of rotatable bonds is 4. The van der Waals surface area contributed by atoms with Gasteiger partial charge in [-0.25, -0.2) is 4.98 Å². The number of aliphatic hydroxyl groups is 3. The first-order chi connectivity index (χ1) is 11.4. The fraction of sp³-hybridized carbons (Fsp3) is 0.615. The molecule has 0 bridgehead atoms. The van der Waals surface area contributed by atoms with Crippen molar-refractivity contribution in [2.45, 2.75) is 37.1 Å². The summed E-state index contributed by atoms with van der Waals surface area (Å²) in [5, 5.41) is 30.2. The molecule has 2 aromatic heterocycles. The first-order valence-electron chi connectivity index (χ1n) is 7.27. The van der Waals surface area contributed by atoms with E-state index < -0.39 is 42.3 Å². The number of nitrogens with one attached hydrogen (secondary N) is 1. The molecule has 1 aliphatic heterocycles. The molecular weight excluding hydrogens is 322 g/mol. The van der Waals surface area contributed by atoms with Gasteiger partial charge in [0.25, 0.3) is 5.56 Å². The van der Waals surface area contributed by atoms with Crippen molar-refractivity contribution < 1.29 is 24.8 Å². The summed E-state index contributed by atoms with van der Waals surface area (Å²) in [6, 6.07) is 0. The normalized spacial score (nSPS) is 31.6. The van der Waals surface area contributed by atoms with Crippen molar-refractivity contribution in [3.8, 4) is 0 Å². The molecule has 0 spiro atoms. The van der Waals surface area contributed by atoms with Crippen molar-refractivity contribution in [1.82, 2.24) is 19.5 Å². The average Bonchev–Trinajstić information content (AvgIpc) is 3.08. The maximum Gasteiger partial charge on any atom is 0.280 e. The third-order valence-electron chi connectivity index (χ3n) is 4.39. The second-order valence-electron chi connectivity index (χ2n) is 5.64. The number of aromatic amines is 1. The molecule has 1 unspecified atom stereocenters. The Labute approximate surface area is 135 Å². The highest BCUT2D eigenvalue weighted by Crippen LogP contribution is 2.40. The van der Waals surface area contributed by atoms with Crippen LogP contribution in [0.5, 0.6) is 0 Å². The fourth-order valence-electron chi connectivity index (χ4n) is 3.06. The van der Waals surface area contributed by atoms with Crippen LogP contribution >= 0.6 is 0 Å². The van der Waals surface area contributed by atoms with Gasteiger partial charge in [0, 0.05) is 7.11 Å².